The Morgan fingerprint density at radius 3 is 2.73 bits per heavy atom. The second-order valence-corrected chi connectivity index (χ2v) is 11.4. The van der Waals surface area contributed by atoms with Crippen LogP contribution < -0.4 is 10.2 Å². The first-order chi connectivity index (χ1) is 19.2. The van der Waals surface area contributed by atoms with Crippen LogP contribution in [0.2, 0.25) is 0 Å². The maximum Gasteiger partial charge on any atom is 0.261 e. The molecule has 0 saturated carbocycles. The summed E-state index contributed by atoms with van der Waals surface area (Å²) < 4.78 is 21.5. The lowest BCUT2D eigenvalue weighted by Gasteiger charge is -2.39. The number of carbonyl (C=O) groups is 2. The Morgan fingerprint density at radius 2 is 2.02 bits per heavy atom. The number of aliphatic hydroxyl groups is 1. The summed E-state index contributed by atoms with van der Waals surface area (Å²) in [6, 6.07) is 5.37. The van der Waals surface area contributed by atoms with Crippen molar-refractivity contribution in [1.29, 1.82) is 0 Å². The largest absolute Gasteiger partial charge is 0.387 e. The topological polar surface area (TPSA) is 116 Å². The zero-order valence-corrected chi connectivity index (χ0v) is 22.7. The molecule has 0 aliphatic carbocycles. The van der Waals surface area contributed by atoms with Gasteiger partial charge in [0.1, 0.15) is 11.7 Å². The molecule has 11 nitrogen and oxygen atoms in total. The highest BCUT2D eigenvalue weighted by Gasteiger charge is 2.36. The van der Waals surface area contributed by atoms with E-state index in [0.29, 0.717) is 33.9 Å². The maximum absolute atomic E-state index is 14.7. The number of hydrogen-bond donors (Lipinski definition) is 2. The summed E-state index contributed by atoms with van der Waals surface area (Å²) in [5.41, 5.74) is 1.73. The fourth-order valence-electron chi connectivity index (χ4n) is 5.44. The summed E-state index contributed by atoms with van der Waals surface area (Å²) in [5.74, 6) is -0.0605. The summed E-state index contributed by atoms with van der Waals surface area (Å²) in [6.45, 7) is 8.57. The Labute approximate surface area is 231 Å². The van der Waals surface area contributed by atoms with E-state index in [1.807, 2.05) is 12.1 Å². The molecule has 2 amide bonds. The van der Waals surface area contributed by atoms with Gasteiger partial charge in [0.05, 0.1) is 42.9 Å². The molecule has 0 spiro atoms. The standard InChI is InChI=1S/C28H34FN7O4/c1-28(2,39)24(29)15-35-14-19-10-22(32-26(37)21-12-31-36-5-3-4-30-25(21)36)23(11-20(19)27(35)38)34-8-6-33(7-9-34)13-18-16-40-17-18/h3-5,10-12,18,24,39H,6-9,13-17H2,1-2H3,(H,32,37)/t24-/m1/s1. The summed E-state index contributed by atoms with van der Waals surface area (Å²) in [7, 11) is 0. The lowest BCUT2D eigenvalue weighted by atomic mass is 10.0. The third kappa shape index (κ3) is 5.14. The highest BCUT2D eigenvalue weighted by atomic mass is 19.1. The predicted molar refractivity (Wildman–Crippen MR) is 146 cm³/mol. The van der Waals surface area contributed by atoms with E-state index in [9.17, 15) is 19.1 Å². The van der Waals surface area contributed by atoms with E-state index < -0.39 is 11.8 Å². The van der Waals surface area contributed by atoms with E-state index in [2.05, 4.69) is 25.2 Å². The third-order valence-corrected chi connectivity index (χ3v) is 7.96. The van der Waals surface area contributed by atoms with Crippen molar-refractivity contribution in [3.63, 3.8) is 0 Å². The Kier molecular flexibility index (Phi) is 6.93. The summed E-state index contributed by atoms with van der Waals surface area (Å²) in [6.07, 6.45) is 3.22. The number of piperazine rings is 1. The van der Waals surface area contributed by atoms with Gasteiger partial charge in [0, 0.05) is 63.1 Å². The molecular formula is C28H34FN7O4. The van der Waals surface area contributed by atoms with Gasteiger partial charge < -0.3 is 25.0 Å². The molecule has 1 aromatic carbocycles. The zero-order valence-electron chi connectivity index (χ0n) is 22.7. The highest BCUT2D eigenvalue weighted by Crippen LogP contribution is 2.36. The average molecular weight is 552 g/mol. The molecule has 3 aliphatic heterocycles. The lowest BCUT2D eigenvalue weighted by Crippen LogP contribution is -2.50. The van der Waals surface area contributed by atoms with Gasteiger partial charge in [-0.2, -0.15) is 5.10 Å². The van der Waals surface area contributed by atoms with Gasteiger partial charge in [-0.15, -0.1) is 0 Å². The molecule has 12 heteroatoms. The molecule has 0 radical (unpaired) electrons. The van der Waals surface area contributed by atoms with E-state index in [1.54, 1.807) is 18.5 Å². The van der Waals surface area contributed by atoms with Crippen molar-refractivity contribution in [2.45, 2.75) is 32.2 Å². The molecule has 3 aromatic rings. The molecule has 3 aliphatic rings. The number of fused-ring (bicyclic) bond motifs is 2. The van der Waals surface area contributed by atoms with Gasteiger partial charge in [0.25, 0.3) is 11.8 Å². The van der Waals surface area contributed by atoms with Crippen molar-refractivity contribution < 1.29 is 23.8 Å². The monoisotopic (exact) mass is 551 g/mol. The van der Waals surface area contributed by atoms with Gasteiger partial charge >= 0.3 is 0 Å². The van der Waals surface area contributed by atoms with Crippen molar-refractivity contribution >= 4 is 28.8 Å². The van der Waals surface area contributed by atoms with Crippen molar-refractivity contribution in [1.82, 2.24) is 24.4 Å². The molecule has 0 unspecified atom stereocenters. The van der Waals surface area contributed by atoms with Gasteiger partial charge in [-0.05, 0) is 37.6 Å². The fourth-order valence-corrected chi connectivity index (χ4v) is 5.44. The number of ether oxygens (including phenoxy) is 1. The second-order valence-electron chi connectivity index (χ2n) is 11.4. The Morgan fingerprint density at radius 1 is 1.25 bits per heavy atom. The molecule has 2 N–H and O–H groups in total. The zero-order chi connectivity index (χ0) is 28.0. The summed E-state index contributed by atoms with van der Waals surface area (Å²) >= 11 is 0. The predicted octanol–water partition coefficient (Wildman–Crippen LogP) is 1.81. The van der Waals surface area contributed by atoms with Gasteiger partial charge in [-0.1, -0.05) is 0 Å². The number of anilines is 2. The maximum atomic E-state index is 14.7. The van der Waals surface area contributed by atoms with Gasteiger partial charge in [0.2, 0.25) is 0 Å². The number of nitrogens with one attached hydrogen (secondary N) is 1. The Bertz CT molecular complexity index is 1430. The molecule has 6 rings (SSSR count). The lowest BCUT2D eigenvalue weighted by molar-refractivity contribution is -0.0468. The van der Waals surface area contributed by atoms with Gasteiger partial charge in [-0.25, -0.2) is 13.9 Å². The average Bonchev–Trinajstić information content (AvgIpc) is 3.46. The SMILES string of the molecule is CC(C)(O)[C@H](F)CN1Cc2cc(NC(=O)c3cnn4cccnc34)c(N3CCN(CC4COC4)CC3)cc2C1=O. The molecule has 2 saturated heterocycles. The van der Waals surface area contributed by atoms with Crippen LogP contribution in [0.1, 0.15) is 40.1 Å². The van der Waals surface area contributed by atoms with E-state index in [1.165, 1.54) is 29.5 Å². The van der Waals surface area contributed by atoms with E-state index >= 15 is 0 Å². The fraction of sp³-hybridized carbons (Fsp3) is 0.500. The van der Waals surface area contributed by atoms with Crippen LogP contribution in [0.4, 0.5) is 15.8 Å². The first kappa shape index (κ1) is 26.6. The van der Waals surface area contributed by atoms with Gasteiger partial charge in [0.15, 0.2) is 5.65 Å². The first-order valence-electron chi connectivity index (χ1n) is 13.6. The third-order valence-electron chi connectivity index (χ3n) is 7.96. The molecule has 2 fully saturated rings. The molecule has 1 atom stereocenters. The molecule has 2 aromatic heterocycles. The smallest absolute Gasteiger partial charge is 0.261 e. The normalized spacial score (nSPS) is 19.1. The van der Waals surface area contributed by atoms with Crippen LogP contribution in [0.5, 0.6) is 0 Å². The van der Waals surface area contributed by atoms with E-state index in [4.69, 9.17) is 4.74 Å². The van der Waals surface area contributed by atoms with Crippen LogP contribution >= 0.6 is 0 Å². The molecule has 5 heterocycles. The number of amides is 2. The summed E-state index contributed by atoms with van der Waals surface area (Å²) in [5, 5.41) is 17.3. The van der Waals surface area contributed by atoms with Crippen molar-refractivity contribution in [3.05, 3.63) is 53.5 Å². The minimum Gasteiger partial charge on any atom is -0.387 e. The first-order valence-corrected chi connectivity index (χ1v) is 13.6. The summed E-state index contributed by atoms with van der Waals surface area (Å²) in [4.78, 5) is 37.0. The quantitative estimate of drug-likeness (QED) is 0.436. The van der Waals surface area contributed by atoms with Crippen LogP contribution in [0.15, 0.2) is 36.8 Å². The van der Waals surface area contributed by atoms with Gasteiger partial charge in [-0.3, -0.25) is 14.5 Å². The number of aromatic nitrogens is 3. The molecule has 212 valence electrons. The Hall–Kier alpha value is -3.61. The van der Waals surface area contributed by atoms with Crippen LogP contribution in [0.25, 0.3) is 5.65 Å². The van der Waals surface area contributed by atoms with Crippen molar-refractivity contribution in [2.75, 3.05) is 62.7 Å². The van der Waals surface area contributed by atoms with Crippen molar-refractivity contribution in [3.8, 4) is 0 Å². The number of alkyl halides is 1. The molecular weight excluding hydrogens is 517 g/mol. The molecule has 0 bridgehead atoms. The number of nitrogens with zero attached hydrogens (tertiary/aromatic N) is 6. The minimum atomic E-state index is -1.60. The number of benzene rings is 1. The van der Waals surface area contributed by atoms with Crippen LogP contribution in [-0.2, 0) is 11.3 Å². The number of rotatable bonds is 8. The van der Waals surface area contributed by atoms with Crippen LogP contribution in [-0.4, -0.2) is 106 Å². The van der Waals surface area contributed by atoms with E-state index in [0.717, 1.165) is 51.6 Å². The highest BCUT2D eigenvalue weighted by molar-refractivity contribution is 6.10. The van der Waals surface area contributed by atoms with E-state index in [-0.39, 0.29) is 24.9 Å². The van der Waals surface area contributed by atoms with Crippen LogP contribution in [0.3, 0.4) is 0 Å². The number of halogens is 1. The number of carbonyl (C=O) groups excluding carboxylic acids is 2. The Balaban J connectivity index is 1.27. The second kappa shape index (κ2) is 10.4. The minimum absolute atomic E-state index is 0.198. The molecule has 40 heavy (non-hydrogen) atoms. The van der Waals surface area contributed by atoms with Crippen molar-refractivity contribution in [2.24, 2.45) is 5.92 Å². The number of hydrogen-bond acceptors (Lipinski definition) is 8. The van der Waals surface area contributed by atoms with Crippen LogP contribution in [0, 0.1) is 5.92 Å².